The largest absolute Gasteiger partial charge is 0.496 e. The van der Waals surface area contributed by atoms with Crippen LogP contribution in [0.5, 0.6) is 5.75 Å². The number of aromatic nitrogens is 1. The van der Waals surface area contributed by atoms with E-state index in [1.165, 1.54) is 0 Å². The summed E-state index contributed by atoms with van der Waals surface area (Å²) in [7, 11) is 1.64. The third-order valence-electron chi connectivity index (χ3n) is 3.11. The molecule has 0 saturated heterocycles. The van der Waals surface area contributed by atoms with Gasteiger partial charge in [0.25, 0.3) is 0 Å². The average Bonchev–Trinajstić information content (AvgIpc) is 2.84. The summed E-state index contributed by atoms with van der Waals surface area (Å²) in [5, 5.41) is 3.80. The van der Waals surface area contributed by atoms with Crippen molar-refractivity contribution < 1.29 is 9.53 Å². The first kappa shape index (κ1) is 14.4. The van der Waals surface area contributed by atoms with Crippen LogP contribution < -0.4 is 10.1 Å². The fourth-order valence-corrected chi connectivity index (χ4v) is 3.09. The topological polar surface area (TPSA) is 54.1 Å². The first-order valence-electron chi connectivity index (χ1n) is 5.80. The minimum atomic E-state index is 0.219. The molecule has 0 aliphatic heterocycles. The van der Waals surface area contributed by atoms with E-state index in [4.69, 9.17) is 4.74 Å². The molecule has 0 fully saturated rings. The van der Waals surface area contributed by atoms with Crippen LogP contribution in [0, 0.1) is 0 Å². The Kier molecular flexibility index (Phi) is 4.52. The van der Waals surface area contributed by atoms with Gasteiger partial charge in [0, 0.05) is 24.0 Å². The fourth-order valence-electron chi connectivity index (χ4n) is 2.09. The Hall–Kier alpha value is -1.01. The van der Waals surface area contributed by atoms with Crippen LogP contribution in [0.25, 0.3) is 10.9 Å². The molecule has 19 heavy (non-hydrogen) atoms. The molecular weight excluding hydrogens is 376 g/mol. The molecule has 2 aromatic rings. The van der Waals surface area contributed by atoms with Gasteiger partial charge in [0.15, 0.2) is 0 Å². The first-order chi connectivity index (χ1) is 9.10. The molecule has 6 heteroatoms. The summed E-state index contributed by atoms with van der Waals surface area (Å²) in [6.45, 7) is 2.67. The van der Waals surface area contributed by atoms with Gasteiger partial charge in [-0.3, -0.25) is 4.79 Å². The zero-order valence-corrected chi connectivity index (χ0v) is 13.8. The summed E-state index contributed by atoms with van der Waals surface area (Å²) in [4.78, 5) is 13.6. The summed E-state index contributed by atoms with van der Waals surface area (Å²) in [5.41, 5.74) is 2.16. The van der Waals surface area contributed by atoms with Gasteiger partial charge in [-0.05, 0) is 43.5 Å². The second kappa shape index (κ2) is 5.96. The van der Waals surface area contributed by atoms with Gasteiger partial charge in [-0.2, -0.15) is 0 Å². The number of halogens is 2. The summed E-state index contributed by atoms with van der Waals surface area (Å²) in [6, 6.07) is 1.99. The SMILES string of the molecule is COc1cc2c(C(C)CNC=O)c[nH]c2c(Br)c1Br. The van der Waals surface area contributed by atoms with Gasteiger partial charge in [-0.15, -0.1) is 0 Å². The smallest absolute Gasteiger partial charge is 0.207 e. The molecule has 4 nitrogen and oxygen atoms in total. The number of nitrogens with one attached hydrogen (secondary N) is 2. The zero-order valence-electron chi connectivity index (χ0n) is 10.6. The van der Waals surface area contributed by atoms with Gasteiger partial charge < -0.3 is 15.0 Å². The first-order valence-corrected chi connectivity index (χ1v) is 7.38. The van der Waals surface area contributed by atoms with E-state index < -0.39 is 0 Å². The minimum absolute atomic E-state index is 0.219. The van der Waals surface area contributed by atoms with Crippen LogP contribution in [0.1, 0.15) is 18.4 Å². The van der Waals surface area contributed by atoms with Crippen LogP contribution in [0.4, 0.5) is 0 Å². The second-order valence-corrected chi connectivity index (χ2v) is 5.89. The highest BCUT2D eigenvalue weighted by molar-refractivity contribution is 9.13. The molecule has 0 aliphatic rings. The number of aromatic amines is 1. The number of carbonyl (C=O) groups is 1. The summed E-state index contributed by atoms with van der Waals surface area (Å²) in [5.74, 6) is 0.993. The summed E-state index contributed by atoms with van der Waals surface area (Å²) in [6.07, 6.45) is 2.69. The molecule has 102 valence electrons. The number of methoxy groups -OCH3 is 1. The number of H-pyrrole nitrogens is 1. The normalized spacial score (nSPS) is 12.4. The van der Waals surface area contributed by atoms with E-state index in [0.717, 1.165) is 37.6 Å². The van der Waals surface area contributed by atoms with Crippen LogP contribution in [0.2, 0.25) is 0 Å². The Labute approximate surface area is 128 Å². The average molecular weight is 390 g/mol. The second-order valence-electron chi connectivity index (χ2n) is 4.30. The van der Waals surface area contributed by atoms with Gasteiger partial charge >= 0.3 is 0 Å². The molecule has 1 aromatic heterocycles. The Morgan fingerprint density at radius 2 is 2.21 bits per heavy atom. The van der Waals surface area contributed by atoms with Crippen LogP contribution in [0.15, 0.2) is 21.2 Å². The molecule has 1 amide bonds. The van der Waals surface area contributed by atoms with Gasteiger partial charge in [-0.25, -0.2) is 0 Å². The van der Waals surface area contributed by atoms with Crippen molar-refractivity contribution in [3.63, 3.8) is 0 Å². The van der Waals surface area contributed by atoms with Crippen molar-refractivity contribution in [3.05, 3.63) is 26.8 Å². The molecule has 0 aliphatic carbocycles. The maximum atomic E-state index is 10.4. The monoisotopic (exact) mass is 388 g/mol. The van der Waals surface area contributed by atoms with Crippen LogP contribution >= 0.6 is 31.9 Å². The molecule has 2 rings (SSSR count). The third-order valence-corrected chi connectivity index (χ3v) is 5.23. The van der Waals surface area contributed by atoms with Crippen molar-refractivity contribution in [2.75, 3.05) is 13.7 Å². The molecule has 1 heterocycles. The molecule has 0 spiro atoms. The van der Waals surface area contributed by atoms with Crippen LogP contribution in [0.3, 0.4) is 0 Å². The standard InChI is InChI=1S/C13H14Br2N2O2/c1-7(4-16-6-18)9-5-17-13-8(9)3-10(19-2)11(14)12(13)15/h3,5-7,17H,4H2,1-2H3,(H,16,18). The van der Waals surface area contributed by atoms with E-state index in [1.54, 1.807) is 7.11 Å². The number of rotatable bonds is 5. The van der Waals surface area contributed by atoms with E-state index >= 15 is 0 Å². The van der Waals surface area contributed by atoms with Crippen molar-refractivity contribution in [2.45, 2.75) is 12.8 Å². The highest BCUT2D eigenvalue weighted by Crippen LogP contribution is 2.40. The predicted molar refractivity (Wildman–Crippen MR) is 82.7 cm³/mol. The molecule has 0 radical (unpaired) electrons. The highest BCUT2D eigenvalue weighted by Gasteiger charge is 2.17. The Morgan fingerprint density at radius 3 is 2.84 bits per heavy atom. The number of benzene rings is 1. The Morgan fingerprint density at radius 1 is 1.47 bits per heavy atom. The molecule has 0 bridgehead atoms. The van der Waals surface area contributed by atoms with Crippen LogP contribution in [-0.4, -0.2) is 25.0 Å². The lowest BCUT2D eigenvalue weighted by molar-refractivity contribution is -0.109. The number of hydrogen-bond donors (Lipinski definition) is 2. The predicted octanol–water partition coefficient (Wildman–Crippen LogP) is 3.55. The lowest BCUT2D eigenvalue weighted by Crippen LogP contribution is -2.17. The van der Waals surface area contributed by atoms with E-state index in [0.29, 0.717) is 6.54 Å². The summed E-state index contributed by atoms with van der Waals surface area (Å²) >= 11 is 7.06. The molecule has 1 aromatic carbocycles. The molecule has 2 N–H and O–H groups in total. The fraction of sp³-hybridized carbons (Fsp3) is 0.308. The quantitative estimate of drug-likeness (QED) is 0.768. The number of hydrogen-bond acceptors (Lipinski definition) is 2. The van der Waals surface area contributed by atoms with Crippen molar-refractivity contribution in [1.29, 1.82) is 0 Å². The van der Waals surface area contributed by atoms with Gasteiger partial charge in [-0.1, -0.05) is 6.92 Å². The number of carbonyl (C=O) groups excluding carboxylic acids is 1. The lowest BCUT2D eigenvalue weighted by Gasteiger charge is -2.11. The van der Waals surface area contributed by atoms with Crippen molar-refractivity contribution in [1.82, 2.24) is 10.3 Å². The zero-order chi connectivity index (χ0) is 14.0. The van der Waals surface area contributed by atoms with Crippen LogP contribution in [-0.2, 0) is 4.79 Å². The number of ether oxygens (including phenoxy) is 1. The lowest BCUT2D eigenvalue weighted by atomic mass is 10.0. The summed E-state index contributed by atoms with van der Waals surface area (Å²) < 4.78 is 7.17. The van der Waals surface area contributed by atoms with Gasteiger partial charge in [0.2, 0.25) is 6.41 Å². The van der Waals surface area contributed by atoms with Crippen molar-refractivity contribution in [2.24, 2.45) is 0 Å². The van der Waals surface area contributed by atoms with E-state index in [2.05, 4.69) is 49.1 Å². The van der Waals surface area contributed by atoms with E-state index in [9.17, 15) is 4.79 Å². The van der Waals surface area contributed by atoms with Crippen molar-refractivity contribution >= 4 is 49.2 Å². The maximum absolute atomic E-state index is 10.4. The van der Waals surface area contributed by atoms with Gasteiger partial charge in [0.05, 0.1) is 21.6 Å². The molecule has 0 saturated carbocycles. The minimum Gasteiger partial charge on any atom is -0.496 e. The Balaban J connectivity index is 2.52. The Bertz CT molecular complexity index is 610. The number of fused-ring (bicyclic) bond motifs is 1. The van der Waals surface area contributed by atoms with E-state index in [-0.39, 0.29) is 5.92 Å². The van der Waals surface area contributed by atoms with Gasteiger partial charge in [0.1, 0.15) is 5.75 Å². The van der Waals surface area contributed by atoms with E-state index in [1.807, 2.05) is 12.3 Å². The maximum Gasteiger partial charge on any atom is 0.207 e. The third kappa shape index (κ3) is 2.65. The van der Waals surface area contributed by atoms with Crippen molar-refractivity contribution in [3.8, 4) is 5.75 Å². The molecule has 1 unspecified atom stereocenters. The molecule has 1 atom stereocenters. The number of amides is 1. The molecular formula is C13H14Br2N2O2. The highest BCUT2D eigenvalue weighted by atomic mass is 79.9.